The number of thioether (sulfide) groups is 1. The van der Waals surface area contributed by atoms with Crippen molar-refractivity contribution in [3.8, 4) is 0 Å². The zero-order valence-electron chi connectivity index (χ0n) is 10.9. The smallest absolute Gasteiger partial charge is 0.0415 e. The van der Waals surface area contributed by atoms with Crippen molar-refractivity contribution in [2.24, 2.45) is 0 Å². The van der Waals surface area contributed by atoms with E-state index in [1.165, 1.54) is 16.0 Å². The van der Waals surface area contributed by atoms with Gasteiger partial charge < -0.3 is 5.32 Å². The van der Waals surface area contributed by atoms with E-state index in [4.69, 9.17) is 0 Å². The Morgan fingerprint density at radius 2 is 1.67 bits per heavy atom. The van der Waals surface area contributed by atoms with Gasteiger partial charge in [-0.15, -0.1) is 11.8 Å². The molecule has 0 aliphatic rings. The molecule has 0 saturated carbocycles. The zero-order valence-corrected chi connectivity index (χ0v) is 11.7. The monoisotopic (exact) mass is 257 g/mol. The fourth-order valence-corrected chi connectivity index (χ4v) is 3.06. The van der Waals surface area contributed by atoms with Gasteiger partial charge >= 0.3 is 0 Å². The minimum atomic E-state index is 0.399. The quantitative estimate of drug-likeness (QED) is 0.811. The van der Waals surface area contributed by atoms with Crippen LogP contribution in [0.2, 0.25) is 0 Å². The Labute approximate surface area is 114 Å². The summed E-state index contributed by atoms with van der Waals surface area (Å²) in [5.41, 5.74) is 2.74. The highest BCUT2D eigenvalue weighted by Gasteiger charge is 2.11. The summed E-state index contributed by atoms with van der Waals surface area (Å²) in [6, 6.07) is 19.5. The first kappa shape index (κ1) is 13.2. The zero-order chi connectivity index (χ0) is 12.8. The molecule has 0 spiro atoms. The van der Waals surface area contributed by atoms with Crippen LogP contribution >= 0.6 is 11.8 Å². The van der Waals surface area contributed by atoms with Gasteiger partial charge in [-0.3, -0.25) is 0 Å². The molecule has 18 heavy (non-hydrogen) atoms. The third kappa shape index (κ3) is 3.37. The van der Waals surface area contributed by atoms with Crippen LogP contribution in [0, 0.1) is 6.92 Å². The summed E-state index contributed by atoms with van der Waals surface area (Å²) in [6.45, 7) is 2.17. The normalized spacial score (nSPS) is 12.3. The Morgan fingerprint density at radius 3 is 2.33 bits per heavy atom. The average Bonchev–Trinajstić information content (AvgIpc) is 2.42. The van der Waals surface area contributed by atoms with Crippen LogP contribution in [0.3, 0.4) is 0 Å². The van der Waals surface area contributed by atoms with Gasteiger partial charge in [0.2, 0.25) is 0 Å². The molecule has 0 amide bonds. The maximum absolute atomic E-state index is 3.41. The van der Waals surface area contributed by atoms with Gasteiger partial charge in [0, 0.05) is 16.7 Å². The van der Waals surface area contributed by atoms with Crippen LogP contribution < -0.4 is 5.32 Å². The maximum atomic E-state index is 3.41. The first-order valence-corrected chi connectivity index (χ1v) is 7.20. The van der Waals surface area contributed by atoms with Crippen LogP contribution in [0.15, 0.2) is 59.5 Å². The summed E-state index contributed by atoms with van der Waals surface area (Å²) in [7, 11) is 2.03. The molecule has 2 heteroatoms. The van der Waals surface area contributed by atoms with E-state index in [-0.39, 0.29) is 0 Å². The molecule has 2 rings (SSSR count). The number of hydrogen-bond acceptors (Lipinski definition) is 2. The van der Waals surface area contributed by atoms with E-state index >= 15 is 0 Å². The lowest BCUT2D eigenvalue weighted by atomic mass is 10.0. The van der Waals surface area contributed by atoms with E-state index < -0.39 is 0 Å². The van der Waals surface area contributed by atoms with E-state index in [2.05, 4.69) is 66.8 Å². The predicted octanol–water partition coefficient (Wildman–Crippen LogP) is 4.05. The molecule has 1 nitrogen and oxygen atoms in total. The maximum Gasteiger partial charge on any atom is 0.0415 e. The van der Waals surface area contributed by atoms with Crippen LogP contribution in [0.25, 0.3) is 0 Å². The standard InChI is InChI=1S/C16H19NS/c1-13-8-6-7-11-15(13)16(17-2)12-18-14-9-4-3-5-10-14/h3-11,16-17H,12H2,1-2H3. The van der Waals surface area contributed by atoms with Gasteiger partial charge in [0.05, 0.1) is 0 Å². The Morgan fingerprint density at radius 1 is 1.00 bits per heavy atom. The first-order valence-electron chi connectivity index (χ1n) is 6.22. The topological polar surface area (TPSA) is 12.0 Å². The highest BCUT2D eigenvalue weighted by atomic mass is 32.2. The van der Waals surface area contributed by atoms with Gasteiger partial charge in [0.1, 0.15) is 0 Å². The Kier molecular flexibility index (Phi) is 4.85. The number of aryl methyl sites for hydroxylation is 1. The lowest BCUT2D eigenvalue weighted by Gasteiger charge is -2.18. The van der Waals surface area contributed by atoms with Crippen molar-refractivity contribution in [2.45, 2.75) is 17.9 Å². The molecule has 94 valence electrons. The summed E-state index contributed by atoms with van der Waals surface area (Å²) in [5.74, 6) is 1.05. The molecule has 1 atom stereocenters. The van der Waals surface area contributed by atoms with Crippen molar-refractivity contribution >= 4 is 11.8 Å². The van der Waals surface area contributed by atoms with Crippen LogP contribution in [0.1, 0.15) is 17.2 Å². The molecule has 1 unspecified atom stereocenters. The second kappa shape index (κ2) is 6.62. The molecule has 0 aromatic heterocycles. The summed E-state index contributed by atoms with van der Waals surface area (Å²) < 4.78 is 0. The summed E-state index contributed by atoms with van der Waals surface area (Å²) in [6.07, 6.45) is 0. The lowest BCUT2D eigenvalue weighted by molar-refractivity contribution is 0.658. The SMILES string of the molecule is CNC(CSc1ccccc1)c1ccccc1C. The average molecular weight is 257 g/mol. The van der Waals surface area contributed by atoms with E-state index in [0.29, 0.717) is 6.04 Å². The van der Waals surface area contributed by atoms with Crippen LogP contribution in [-0.2, 0) is 0 Å². The highest BCUT2D eigenvalue weighted by Crippen LogP contribution is 2.25. The molecule has 2 aromatic rings. The van der Waals surface area contributed by atoms with E-state index in [0.717, 1.165) is 5.75 Å². The minimum Gasteiger partial charge on any atom is -0.312 e. The molecule has 0 heterocycles. The largest absolute Gasteiger partial charge is 0.312 e. The Hall–Kier alpha value is -1.25. The molecule has 1 N–H and O–H groups in total. The number of benzene rings is 2. The van der Waals surface area contributed by atoms with Crippen molar-refractivity contribution in [1.82, 2.24) is 5.32 Å². The van der Waals surface area contributed by atoms with Crippen LogP contribution in [-0.4, -0.2) is 12.8 Å². The number of nitrogens with one attached hydrogen (secondary N) is 1. The molecular formula is C16H19NS. The fourth-order valence-electron chi connectivity index (χ4n) is 2.00. The Balaban J connectivity index is 2.04. The summed E-state index contributed by atoms with van der Waals surface area (Å²) in [5, 5.41) is 3.41. The Bertz CT molecular complexity index is 481. The van der Waals surface area contributed by atoms with Gasteiger partial charge in [-0.1, -0.05) is 42.5 Å². The van der Waals surface area contributed by atoms with Crippen molar-refractivity contribution in [3.63, 3.8) is 0 Å². The van der Waals surface area contributed by atoms with E-state index in [1.807, 2.05) is 18.8 Å². The molecule has 0 bridgehead atoms. The predicted molar refractivity (Wildman–Crippen MR) is 80.1 cm³/mol. The van der Waals surface area contributed by atoms with Gasteiger partial charge in [-0.05, 0) is 37.2 Å². The molecule has 0 radical (unpaired) electrons. The number of rotatable bonds is 5. The molecule has 0 aliphatic carbocycles. The third-order valence-corrected chi connectivity index (χ3v) is 4.18. The van der Waals surface area contributed by atoms with Gasteiger partial charge in [0.15, 0.2) is 0 Å². The van der Waals surface area contributed by atoms with Gasteiger partial charge in [-0.25, -0.2) is 0 Å². The van der Waals surface area contributed by atoms with E-state index in [9.17, 15) is 0 Å². The first-order chi connectivity index (χ1) is 8.81. The summed E-state index contributed by atoms with van der Waals surface area (Å²) in [4.78, 5) is 1.33. The number of hydrogen-bond donors (Lipinski definition) is 1. The molecule has 2 aromatic carbocycles. The summed E-state index contributed by atoms with van der Waals surface area (Å²) >= 11 is 1.89. The van der Waals surface area contributed by atoms with Crippen molar-refractivity contribution in [3.05, 3.63) is 65.7 Å². The van der Waals surface area contributed by atoms with Crippen LogP contribution in [0.4, 0.5) is 0 Å². The van der Waals surface area contributed by atoms with E-state index in [1.54, 1.807) is 0 Å². The van der Waals surface area contributed by atoms with Crippen molar-refractivity contribution in [1.29, 1.82) is 0 Å². The second-order valence-corrected chi connectivity index (χ2v) is 5.42. The third-order valence-electron chi connectivity index (χ3n) is 3.07. The highest BCUT2D eigenvalue weighted by molar-refractivity contribution is 7.99. The van der Waals surface area contributed by atoms with Crippen LogP contribution in [0.5, 0.6) is 0 Å². The second-order valence-electron chi connectivity index (χ2n) is 4.32. The minimum absolute atomic E-state index is 0.399. The molecule has 0 saturated heterocycles. The fraction of sp³-hybridized carbons (Fsp3) is 0.250. The molecule has 0 aliphatic heterocycles. The van der Waals surface area contributed by atoms with Crippen molar-refractivity contribution in [2.75, 3.05) is 12.8 Å². The lowest BCUT2D eigenvalue weighted by Crippen LogP contribution is -2.19. The van der Waals surface area contributed by atoms with Crippen molar-refractivity contribution < 1.29 is 0 Å². The van der Waals surface area contributed by atoms with Gasteiger partial charge in [0.25, 0.3) is 0 Å². The van der Waals surface area contributed by atoms with Gasteiger partial charge in [-0.2, -0.15) is 0 Å². The molecular weight excluding hydrogens is 238 g/mol. The molecule has 0 fully saturated rings.